The zero-order valence-electron chi connectivity index (χ0n) is 17.6. The zero-order valence-corrected chi connectivity index (χ0v) is 18.3. The summed E-state index contributed by atoms with van der Waals surface area (Å²) in [6, 6.07) is 19.4. The highest BCUT2D eigenvalue weighted by Gasteiger charge is 2.59. The summed E-state index contributed by atoms with van der Waals surface area (Å²) >= 11 is 5.99. The lowest BCUT2D eigenvalue weighted by Gasteiger charge is -2.29. The van der Waals surface area contributed by atoms with Gasteiger partial charge in [0, 0.05) is 5.02 Å². The first-order valence-corrected chi connectivity index (χ1v) is 10.9. The van der Waals surface area contributed by atoms with Crippen molar-refractivity contribution in [2.24, 2.45) is 5.92 Å². The number of rotatable bonds is 4. The molecule has 2 heterocycles. The highest BCUT2D eigenvalue weighted by Crippen LogP contribution is 2.47. The topological polar surface area (TPSA) is 49.9 Å². The number of alkyl halides is 3. The third-order valence-electron chi connectivity index (χ3n) is 6.05. The number of likely N-dealkylation sites (tertiary alicyclic amines) is 1. The van der Waals surface area contributed by atoms with Crippen LogP contribution in [0.25, 0.3) is 0 Å². The third-order valence-corrected chi connectivity index (χ3v) is 6.30. The van der Waals surface area contributed by atoms with Gasteiger partial charge in [0.05, 0.1) is 23.8 Å². The fourth-order valence-corrected chi connectivity index (χ4v) is 4.54. The summed E-state index contributed by atoms with van der Waals surface area (Å²) in [6.07, 6.45) is -5.58. The monoisotopic (exact) mass is 486 g/mol. The summed E-state index contributed by atoms with van der Waals surface area (Å²) in [5, 5.41) is 1.90. The van der Waals surface area contributed by atoms with Crippen LogP contribution in [0.2, 0.25) is 5.02 Å². The van der Waals surface area contributed by atoms with E-state index in [4.69, 9.17) is 16.4 Å². The standard InChI is InChI=1S/C25H18ClF3N2O3/c26-18-10-12-19(13-11-18)31-21(16-6-8-17(9-7-16)25(27,28)29)20-22(34-31)24(33)30(23(20)32)14-15-4-2-1-3-5-15/h1-13,20-22H,14H2/t20-,21+,22-/m1/s1. The smallest absolute Gasteiger partial charge is 0.275 e. The van der Waals surface area contributed by atoms with Crippen LogP contribution in [0.15, 0.2) is 78.9 Å². The van der Waals surface area contributed by atoms with Gasteiger partial charge in [0.15, 0.2) is 6.10 Å². The van der Waals surface area contributed by atoms with E-state index in [9.17, 15) is 22.8 Å². The Labute approximate surface area is 198 Å². The van der Waals surface area contributed by atoms with Gasteiger partial charge in [0.2, 0.25) is 5.91 Å². The zero-order chi connectivity index (χ0) is 24.0. The number of hydroxylamine groups is 1. The third kappa shape index (κ3) is 3.93. The summed E-state index contributed by atoms with van der Waals surface area (Å²) in [6.45, 7) is 0.0928. The molecule has 0 aromatic heterocycles. The van der Waals surface area contributed by atoms with Crippen molar-refractivity contribution in [1.29, 1.82) is 0 Å². The Hall–Kier alpha value is -3.36. The van der Waals surface area contributed by atoms with Crippen molar-refractivity contribution >= 4 is 29.1 Å². The van der Waals surface area contributed by atoms with Crippen LogP contribution in [0.5, 0.6) is 0 Å². The predicted molar refractivity (Wildman–Crippen MR) is 118 cm³/mol. The van der Waals surface area contributed by atoms with Crippen LogP contribution in [0.4, 0.5) is 18.9 Å². The number of fused-ring (bicyclic) bond motifs is 1. The van der Waals surface area contributed by atoms with Gasteiger partial charge in [-0.15, -0.1) is 0 Å². The first-order chi connectivity index (χ1) is 16.2. The number of halogens is 4. The molecule has 0 spiro atoms. The van der Waals surface area contributed by atoms with Gasteiger partial charge < -0.3 is 0 Å². The van der Waals surface area contributed by atoms with Gasteiger partial charge in [-0.2, -0.15) is 13.2 Å². The average molecular weight is 487 g/mol. The van der Waals surface area contributed by atoms with Gasteiger partial charge in [-0.05, 0) is 47.5 Å². The Morgan fingerprint density at radius 1 is 0.853 bits per heavy atom. The summed E-state index contributed by atoms with van der Waals surface area (Å²) in [7, 11) is 0. The van der Waals surface area contributed by atoms with Crippen LogP contribution in [-0.2, 0) is 27.1 Å². The second kappa shape index (κ2) is 8.45. The molecule has 34 heavy (non-hydrogen) atoms. The molecular weight excluding hydrogens is 469 g/mol. The molecule has 0 unspecified atom stereocenters. The summed E-state index contributed by atoms with van der Waals surface area (Å²) in [5.41, 5.74) is 0.936. The summed E-state index contributed by atoms with van der Waals surface area (Å²) in [5.74, 6) is -1.82. The van der Waals surface area contributed by atoms with Crippen molar-refractivity contribution in [3.05, 3.63) is 101 Å². The van der Waals surface area contributed by atoms with Crippen molar-refractivity contribution < 1.29 is 27.6 Å². The minimum atomic E-state index is -4.49. The van der Waals surface area contributed by atoms with E-state index in [1.807, 2.05) is 30.3 Å². The van der Waals surface area contributed by atoms with Crippen LogP contribution in [0.1, 0.15) is 22.7 Å². The lowest BCUT2D eigenvalue weighted by atomic mass is 9.90. The summed E-state index contributed by atoms with van der Waals surface area (Å²) < 4.78 is 39.3. The first kappa shape index (κ1) is 22.4. The molecule has 2 fully saturated rings. The SMILES string of the molecule is O=C1[C@H]2[C@@H](ON(c3ccc(Cl)cc3)[C@H]2c2ccc(C(F)(F)F)cc2)C(=O)N1Cc1ccccc1. The molecule has 0 radical (unpaired) electrons. The Morgan fingerprint density at radius 2 is 1.50 bits per heavy atom. The van der Waals surface area contributed by atoms with E-state index < -0.39 is 41.6 Å². The van der Waals surface area contributed by atoms with E-state index in [1.54, 1.807) is 24.3 Å². The lowest BCUT2D eigenvalue weighted by molar-refractivity contribution is -0.144. The van der Waals surface area contributed by atoms with Crippen molar-refractivity contribution in [3.8, 4) is 0 Å². The fraction of sp³-hybridized carbons (Fsp3) is 0.200. The van der Waals surface area contributed by atoms with Gasteiger partial charge in [-0.1, -0.05) is 54.1 Å². The number of hydrogen-bond acceptors (Lipinski definition) is 4. The number of nitrogens with zero attached hydrogens (tertiary/aromatic N) is 2. The maximum absolute atomic E-state index is 13.4. The number of anilines is 1. The molecule has 2 aliphatic heterocycles. The molecule has 3 atom stereocenters. The highest BCUT2D eigenvalue weighted by atomic mass is 35.5. The van der Waals surface area contributed by atoms with E-state index in [0.717, 1.165) is 22.6 Å². The van der Waals surface area contributed by atoms with Crippen molar-refractivity contribution in [2.45, 2.75) is 24.9 Å². The predicted octanol–water partition coefficient (Wildman–Crippen LogP) is 5.41. The van der Waals surface area contributed by atoms with Gasteiger partial charge in [-0.3, -0.25) is 19.3 Å². The number of amides is 2. The molecule has 0 N–H and O–H groups in total. The number of benzene rings is 3. The van der Waals surface area contributed by atoms with Crippen molar-refractivity contribution in [2.75, 3.05) is 5.06 Å². The van der Waals surface area contributed by atoms with Crippen LogP contribution >= 0.6 is 11.6 Å². The molecule has 0 aliphatic carbocycles. The molecule has 0 saturated carbocycles. The molecule has 5 rings (SSSR count). The summed E-state index contributed by atoms with van der Waals surface area (Å²) in [4.78, 5) is 33.8. The maximum Gasteiger partial charge on any atom is 0.416 e. The minimum Gasteiger partial charge on any atom is -0.275 e. The number of carbonyl (C=O) groups excluding carboxylic acids is 2. The Bertz CT molecular complexity index is 1220. The Kier molecular flexibility index (Phi) is 5.58. The molecular formula is C25H18ClF3N2O3. The van der Waals surface area contributed by atoms with Gasteiger partial charge in [-0.25, -0.2) is 5.06 Å². The average Bonchev–Trinajstić information content (AvgIpc) is 3.32. The molecule has 5 nitrogen and oxygen atoms in total. The number of imide groups is 1. The fourth-order valence-electron chi connectivity index (χ4n) is 4.41. The minimum absolute atomic E-state index is 0.0928. The molecule has 2 saturated heterocycles. The molecule has 3 aromatic rings. The van der Waals surface area contributed by atoms with Crippen molar-refractivity contribution in [3.63, 3.8) is 0 Å². The van der Waals surface area contributed by atoms with Crippen LogP contribution < -0.4 is 5.06 Å². The lowest BCUT2D eigenvalue weighted by Crippen LogP contribution is -2.37. The number of hydrogen-bond donors (Lipinski definition) is 0. The van der Waals surface area contributed by atoms with Crippen molar-refractivity contribution in [1.82, 2.24) is 4.90 Å². The molecule has 0 bridgehead atoms. The van der Waals surface area contributed by atoms with E-state index in [0.29, 0.717) is 16.3 Å². The Morgan fingerprint density at radius 3 is 2.12 bits per heavy atom. The second-order valence-corrected chi connectivity index (χ2v) is 8.60. The van der Waals surface area contributed by atoms with Gasteiger partial charge in [0.25, 0.3) is 5.91 Å². The van der Waals surface area contributed by atoms with Crippen LogP contribution in [0.3, 0.4) is 0 Å². The molecule has 9 heteroatoms. The van der Waals surface area contributed by atoms with E-state index >= 15 is 0 Å². The second-order valence-electron chi connectivity index (χ2n) is 8.17. The van der Waals surface area contributed by atoms with Crippen LogP contribution in [-0.4, -0.2) is 22.8 Å². The molecule has 174 valence electrons. The molecule has 2 aliphatic rings. The van der Waals surface area contributed by atoms with E-state index in [1.165, 1.54) is 17.2 Å². The van der Waals surface area contributed by atoms with Crippen LogP contribution in [0, 0.1) is 5.92 Å². The maximum atomic E-state index is 13.4. The number of carbonyl (C=O) groups is 2. The molecule has 2 amide bonds. The normalized spacial score (nSPS) is 22.4. The van der Waals surface area contributed by atoms with Gasteiger partial charge >= 0.3 is 6.18 Å². The first-order valence-electron chi connectivity index (χ1n) is 10.5. The highest BCUT2D eigenvalue weighted by molar-refractivity contribution is 6.30. The Balaban J connectivity index is 1.52. The van der Waals surface area contributed by atoms with E-state index in [2.05, 4.69) is 0 Å². The van der Waals surface area contributed by atoms with E-state index in [-0.39, 0.29) is 6.54 Å². The molecule has 3 aromatic carbocycles. The quantitative estimate of drug-likeness (QED) is 0.463. The largest absolute Gasteiger partial charge is 0.416 e. The van der Waals surface area contributed by atoms with Gasteiger partial charge in [0.1, 0.15) is 5.92 Å².